The molecule has 1 heterocycles. The van der Waals surface area contributed by atoms with Crippen LogP contribution in [-0.4, -0.2) is 35.0 Å². The summed E-state index contributed by atoms with van der Waals surface area (Å²) in [7, 11) is 2.09. The zero-order chi connectivity index (χ0) is 13.5. The maximum atomic E-state index is 5.97. The Morgan fingerprint density at radius 3 is 2.79 bits per heavy atom. The zero-order valence-electron chi connectivity index (χ0n) is 10.9. The normalized spacial score (nSPS) is 10.7. The van der Waals surface area contributed by atoms with Crippen LogP contribution in [0.1, 0.15) is 5.56 Å². The van der Waals surface area contributed by atoms with Gasteiger partial charge in [0.1, 0.15) is 17.2 Å². The molecule has 0 saturated heterocycles. The van der Waals surface area contributed by atoms with Gasteiger partial charge in [-0.1, -0.05) is 41.9 Å². The Balaban J connectivity index is 1.75. The SMILES string of the molecule is CN(CCNc1ncncc1Cl)Cc1ccccc1. The van der Waals surface area contributed by atoms with Crippen LogP contribution in [0.4, 0.5) is 5.82 Å². The molecule has 100 valence electrons. The summed E-state index contributed by atoms with van der Waals surface area (Å²) in [6.07, 6.45) is 3.08. The number of nitrogens with one attached hydrogen (secondary N) is 1. The highest BCUT2D eigenvalue weighted by Crippen LogP contribution is 2.15. The summed E-state index contributed by atoms with van der Waals surface area (Å²) in [6.45, 7) is 2.63. The topological polar surface area (TPSA) is 41.0 Å². The van der Waals surface area contributed by atoms with Gasteiger partial charge in [-0.25, -0.2) is 9.97 Å². The molecule has 0 saturated carbocycles. The first kappa shape index (κ1) is 13.8. The minimum Gasteiger partial charge on any atom is -0.367 e. The summed E-state index contributed by atoms with van der Waals surface area (Å²) in [5.41, 5.74) is 1.31. The first-order valence-electron chi connectivity index (χ1n) is 6.17. The number of rotatable bonds is 6. The van der Waals surface area contributed by atoms with E-state index in [2.05, 4.69) is 51.5 Å². The second-order valence-corrected chi connectivity index (χ2v) is 4.78. The van der Waals surface area contributed by atoms with E-state index in [1.807, 2.05) is 6.07 Å². The average Bonchev–Trinajstić information content (AvgIpc) is 2.42. The fraction of sp³-hybridized carbons (Fsp3) is 0.286. The van der Waals surface area contributed by atoms with Crippen molar-refractivity contribution in [1.82, 2.24) is 14.9 Å². The lowest BCUT2D eigenvalue weighted by Crippen LogP contribution is -2.25. The maximum Gasteiger partial charge on any atom is 0.148 e. The van der Waals surface area contributed by atoms with Gasteiger partial charge in [-0.3, -0.25) is 0 Å². The number of halogens is 1. The van der Waals surface area contributed by atoms with E-state index < -0.39 is 0 Å². The van der Waals surface area contributed by atoms with Crippen LogP contribution in [0.3, 0.4) is 0 Å². The van der Waals surface area contributed by atoms with E-state index >= 15 is 0 Å². The van der Waals surface area contributed by atoms with E-state index in [9.17, 15) is 0 Å². The molecule has 2 aromatic rings. The molecule has 5 heteroatoms. The van der Waals surface area contributed by atoms with Gasteiger partial charge in [0.2, 0.25) is 0 Å². The lowest BCUT2D eigenvalue weighted by molar-refractivity contribution is 0.340. The largest absolute Gasteiger partial charge is 0.367 e. The molecule has 0 aliphatic heterocycles. The van der Waals surface area contributed by atoms with Crippen LogP contribution in [-0.2, 0) is 6.54 Å². The van der Waals surface area contributed by atoms with E-state index in [4.69, 9.17) is 11.6 Å². The van der Waals surface area contributed by atoms with Gasteiger partial charge in [-0.05, 0) is 12.6 Å². The third kappa shape index (κ3) is 4.50. The van der Waals surface area contributed by atoms with Gasteiger partial charge in [0.15, 0.2) is 0 Å². The Kier molecular flexibility index (Phi) is 5.12. The molecular weight excluding hydrogens is 260 g/mol. The van der Waals surface area contributed by atoms with Crippen molar-refractivity contribution in [3.8, 4) is 0 Å². The number of nitrogens with zero attached hydrogens (tertiary/aromatic N) is 3. The zero-order valence-corrected chi connectivity index (χ0v) is 11.6. The molecule has 1 N–H and O–H groups in total. The first-order chi connectivity index (χ1) is 9.25. The van der Waals surface area contributed by atoms with Crippen LogP contribution in [0.25, 0.3) is 0 Å². The van der Waals surface area contributed by atoms with Crippen LogP contribution in [0.2, 0.25) is 5.02 Å². The van der Waals surface area contributed by atoms with Gasteiger partial charge in [0.05, 0.1) is 6.20 Å². The fourth-order valence-corrected chi connectivity index (χ4v) is 1.95. The number of anilines is 1. The quantitative estimate of drug-likeness (QED) is 0.881. The molecule has 0 bridgehead atoms. The molecule has 0 atom stereocenters. The minimum absolute atomic E-state index is 0.549. The van der Waals surface area contributed by atoms with Crippen molar-refractivity contribution in [1.29, 1.82) is 0 Å². The smallest absolute Gasteiger partial charge is 0.148 e. The molecule has 2 rings (SSSR count). The maximum absolute atomic E-state index is 5.97. The molecule has 0 amide bonds. The Hall–Kier alpha value is -1.65. The van der Waals surface area contributed by atoms with Crippen LogP contribution in [0.15, 0.2) is 42.9 Å². The van der Waals surface area contributed by atoms with Gasteiger partial charge in [-0.2, -0.15) is 0 Å². The van der Waals surface area contributed by atoms with Crippen molar-refractivity contribution in [2.75, 3.05) is 25.5 Å². The third-order valence-electron chi connectivity index (χ3n) is 2.75. The molecule has 0 spiro atoms. The summed E-state index contributed by atoms with van der Waals surface area (Å²) in [6, 6.07) is 10.4. The summed E-state index contributed by atoms with van der Waals surface area (Å²) < 4.78 is 0. The molecule has 0 aliphatic carbocycles. The fourth-order valence-electron chi connectivity index (χ4n) is 1.78. The van der Waals surface area contributed by atoms with Gasteiger partial charge in [0.25, 0.3) is 0 Å². The molecule has 0 fully saturated rings. The van der Waals surface area contributed by atoms with Gasteiger partial charge < -0.3 is 10.2 Å². The van der Waals surface area contributed by atoms with Crippen LogP contribution >= 0.6 is 11.6 Å². The van der Waals surface area contributed by atoms with Crippen molar-refractivity contribution < 1.29 is 0 Å². The number of likely N-dealkylation sites (N-methyl/N-ethyl adjacent to an activating group) is 1. The Morgan fingerprint density at radius 1 is 1.26 bits per heavy atom. The summed E-state index contributed by atoms with van der Waals surface area (Å²) in [4.78, 5) is 10.2. The summed E-state index contributed by atoms with van der Waals surface area (Å²) in [5.74, 6) is 0.685. The molecule has 19 heavy (non-hydrogen) atoms. The van der Waals surface area contributed by atoms with Crippen molar-refractivity contribution in [3.63, 3.8) is 0 Å². The van der Waals surface area contributed by atoms with Crippen LogP contribution < -0.4 is 5.32 Å². The third-order valence-corrected chi connectivity index (χ3v) is 3.03. The highest BCUT2D eigenvalue weighted by Gasteiger charge is 2.02. The molecular formula is C14H17ClN4. The van der Waals surface area contributed by atoms with Gasteiger partial charge >= 0.3 is 0 Å². The lowest BCUT2D eigenvalue weighted by Gasteiger charge is -2.17. The first-order valence-corrected chi connectivity index (χ1v) is 6.55. The van der Waals surface area contributed by atoms with E-state index in [0.717, 1.165) is 19.6 Å². The molecule has 0 unspecified atom stereocenters. The predicted molar refractivity (Wildman–Crippen MR) is 78.3 cm³/mol. The Labute approximate surface area is 118 Å². The summed E-state index contributed by atoms with van der Waals surface area (Å²) in [5, 5.41) is 3.75. The Morgan fingerprint density at radius 2 is 2.05 bits per heavy atom. The molecule has 1 aromatic carbocycles. The number of hydrogen-bond acceptors (Lipinski definition) is 4. The van der Waals surface area contributed by atoms with Crippen molar-refractivity contribution in [3.05, 3.63) is 53.4 Å². The second-order valence-electron chi connectivity index (χ2n) is 4.37. The summed E-state index contributed by atoms with van der Waals surface area (Å²) >= 11 is 5.97. The van der Waals surface area contributed by atoms with E-state index in [1.165, 1.54) is 11.9 Å². The highest BCUT2D eigenvalue weighted by molar-refractivity contribution is 6.32. The monoisotopic (exact) mass is 276 g/mol. The minimum atomic E-state index is 0.549. The number of aromatic nitrogens is 2. The van der Waals surface area contributed by atoms with E-state index in [0.29, 0.717) is 10.8 Å². The lowest BCUT2D eigenvalue weighted by atomic mass is 10.2. The van der Waals surface area contributed by atoms with Gasteiger partial charge in [0, 0.05) is 19.6 Å². The molecule has 0 radical (unpaired) electrons. The van der Waals surface area contributed by atoms with E-state index in [1.54, 1.807) is 6.20 Å². The standard InChI is InChI=1S/C14H17ClN4/c1-19(10-12-5-3-2-4-6-12)8-7-17-14-13(15)9-16-11-18-14/h2-6,9,11H,7-8,10H2,1H3,(H,16,17,18). The average molecular weight is 277 g/mol. The van der Waals surface area contributed by atoms with Crippen molar-refractivity contribution in [2.45, 2.75) is 6.54 Å². The van der Waals surface area contributed by atoms with Gasteiger partial charge in [-0.15, -0.1) is 0 Å². The number of benzene rings is 1. The second kappa shape index (κ2) is 7.07. The predicted octanol–water partition coefficient (Wildman–Crippen LogP) is 2.67. The van der Waals surface area contributed by atoms with Crippen molar-refractivity contribution in [2.24, 2.45) is 0 Å². The molecule has 0 aliphatic rings. The number of hydrogen-bond donors (Lipinski definition) is 1. The highest BCUT2D eigenvalue weighted by atomic mass is 35.5. The molecule has 1 aromatic heterocycles. The molecule has 4 nitrogen and oxygen atoms in total. The van der Waals surface area contributed by atoms with Crippen LogP contribution in [0.5, 0.6) is 0 Å². The Bertz CT molecular complexity index is 504. The van der Waals surface area contributed by atoms with E-state index in [-0.39, 0.29) is 0 Å². The van der Waals surface area contributed by atoms with Crippen molar-refractivity contribution >= 4 is 17.4 Å². The van der Waals surface area contributed by atoms with Crippen LogP contribution in [0, 0.1) is 0 Å².